The van der Waals surface area contributed by atoms with Gasteiger partial charge in [0.2, 0.25) is 0 Å². The molecule has 1 aliphatic rings. The van der Waals surface area contributed by atoms with Gasteiger partial charge in [0.1, 0.15) is 0 Å². The molecular weight excluding hydrogens is 250 g/mol. The molecule has 1 saturated heterocycles. The average Bonchev–Trinajstić information content (AvgIpc) is 2.96. The van der Waals surface area contributed by atoms with Gasteiger partial charge in [0.25, 0.3) is 5.91 Å². The minimum atomic E-state index is 0.00465. The molecule has 0 aromatic carbocycles. The van der Waals surface area contributed by atoms with Crippen LogP contribution in [0.25, 0.3) is 0 Å². The molecule has 1 aromatic rings. The van der Waals surface area contributed by atoms with Gasteiger partial charge < -0.3 is 15.2 Å². The normalized spacial score (nSPS) is 23.4. The van der Waals surface area contributed by atoms with E-state index in [0.29, 0.717) is 12.5 Å². The molecule has 20 heavy (non-hydrogen) atoms. The Balaban J connectivity index is 2.07. The zero-order valence-electron chi connectivity index (χ0n) is 13.1. The molecule has 2 rings (SSSR count). The molecule has 2 atom stereocenters. The third kappa shape index (κ3) is 3.06. The topological polar surface area (TPSA) is 51.3 Å². The van der Waals surface area contributed by atoms with E-state index in [9.17, 15) is 4.79 Å². The molecule has 0 saturated carbocycles. The summed E-state index contributed by atoms with van der Waals surface area (Å²) in [5, 5.41) is 0. The van der Waals surface area contributed by atoms with Crippen LogP contribution in [0.2, 0.25) is 0 Å². The first kappa shape index (κ1) is 15.1. The first-order chi connectivity index (χ1) is 9.32. The molecule has 4 heteroatoms. The number of likely N-dealkylation sites (tertiary alicyclic amines) is 1. The van der Waals surface area contributed by atoms with E-state index >= 15 is 0 Å². The molecule has 1 amide bonds. The van der Waals surface area contributed by atoms with Gasteiger partial charge >= 0.3 is 0 Å². The van der Waals surface area contributed by atoms with Crippen LogP contribution in [-0.2, 0) is 5.54 Å². The summed E-state index contributed by atoms with van der Waals surface area (Å²) in [6.07, 6.45) is 6.16. The monoisotopic (exact) mass is 277 g/mol. The minimum absolute atomic E-state index is 0.00465. The highest BCUT2D eigenvalue weighted by Crippen LogP contribution is 2.23. The van der Waals surface area contributed by atoms with Crippen LogP contribution in [0.3, 0.4) is 0 Å². The number of carbonyl (C=O) groups excluding carboxylic acids is 1. The molecule has 0 aliphatic carbocycles. The van der Waals surface area contributed by atoms with E-state index in [1.807, 2.05) is 23.4 Å². The first-order valence-electron chi connectivity index (χ1n) is 7.56. The molecule has 1 aliphatic heterocycles. The van der Waals surface area contributed by atoms with Gasteiger partial charge in [-0.2, -0.15) is 0 Å². The molecule has 4 nitrogen and oxygen atoms in total. The van der Waals surface area contributed by atoms with Crippen molar-refractivity contribution in [2.45, 2.75) is 52.1 Å². The Bertz CT molecular complexity index is 472. The van der Waals surface area contributed by atoms with Crippen molar-refractivity contribution in [2.75, 3.05) is 13.1 Å². The van der Waals surface area contributed by atoms with Crippen LogP contribution in [0.15, 0.2) is 18.5 Å². The van der Waals surface area contributed by atoms with Crippen molar-refractivity contribution in [3.63, 3.8) is 0 Å². The Morgan fingerprint density at radius 2 is 2.10 bits per heavy atom. The second kappa shape index (κ2) is 5.60. The van der Waals surface area contributed by atoms with Gasteiger partial charge in [0.05, 0.1) is 5.56 Å². The molecule has 0 radical (unpaired) electrons. The molecule has 2 N–H and O–H groups in total. The summed E-state index contributed by atoms with van der Waals surface area (Å²) in [5.41, 5.74) is 6.92. The number of hydrogen-bond acceptors (Lipinski definition) is 2. The van der Waals surface area contributed by atoms with E-state index < -0.39 is 0 Å². The third-order valence-corrected chi connectivity index (χ3v) is 4.15. The van der Waals surface area contributed by atoms with E-state index in [-0.39, 0.29) is 17.5 Å². The maximum atomic E-state index is 12.5. The lowest BCUT2D eigenvalue weighted by Crippen LogP contribution is -2.32. The fourth-order valence-electron chi connectivity index (χ4n) is 2.86. The van der Waals surface area contributed by atoms with Crippen LogP contribution in [0, 0.1) is 5.92 Å². The molecular formula is C16H27N3O. The molecule has 0 unspecified atom stereocenters. The highest BCUT2D eigenvalue weighted by molar-refractivity contribution is 5.94. The Kier molecular flexibility index (Phi) is 4.23. The van der Waals surface area contributed by atoms with Crippen molar-refractivity contribution in [3.8, 4) is 0 Å². The summed E-state index contributed by atoms with van der Waals surface area (Å²) in [6, 6.07) is 2.04. The lowest BCUT2D eigenvalue weighted by atomic mass is 9.99. The van der Waals surface area contributed by atoms with Crippen LogP contribution >= 0.6 is 0 Å². The van der Waals surface area contributed by atoms with Crippen molar-refractivity contribution in [1.82, 2.24) is 9.47 Å². The van der Waals surface area contributed by atoms with Crippen molar-refractivity contribution < 1.29 is 4.79 Å². The van der Waals surface area contributed by atoms with Gasteiger partial charge in [0, 0.05) is 37.1 Å². The minimum Gasteiger partial charge on any atom is -0.348 e. The van der Waals surface area contributed by atoms with Gasteiger partial charge in [-0.05, 0) is 39.2 Å². The smallest absolute Gasteiger partial charge is 0.255 e. The van der Waals surface area contributed by atoms with Gasteiger partial charge in [-0.3, -0.25) is 4.79 Å². The number of nitrogens with two attached hydrogens (primary N) is 1. The van der Waals surface area contributed by atoms with Gasteiger partial charge in [-0.15, -0.1) is 0 Å². The van der Waals surface area contributed by atoms with E-state index in [1.54, 1.807) is 0 Å². The predicted molar refractivity (Wildman–Crippen MR) is 81.7 cm³/mol. The van der Waals surface area contributed by atoms with Crippen molar-refractivity contribution in [1.29, 1.82) is 0 Å². The molecule has 0 bridgehead atoms. The maximum absolute atomic E-state index is 12.5. The Morgan fingerprint density at radius 3 is 2.65 bits per heavy atom. The maximum Gasteiger partial charge on any atom is 0.255 e. The van der Waals surface area contributed by atoms with Crippen LogP contribution < -0.4 is 5.73 Å². The number of amides is 1. The fourth-order valence-corrected chi connectivity index (χ4v) is 2.86. The van der Waals surface area contributed by atoms with Crippen molar-refractivity contribution in [2.24, 2.45) is 11.7 Å². The second-order valence-corrected chi connectivity index (χ2v) is 6.90. The standard InChI is InChI=1S/C16H27N3O/c1-5-6-12-9-18(11-14(12)17)15(20)13-7-8-19(10-13)16(2,3)4/h7-8,10,12,14H,5-6,9,11,17H2,1-4H3/t12-,14-/m1/s1. The summed E-state index contributed by atoms with van der Waals surface area (Å²) >= 11 is 0. The summed E-state index contributed by atoms with van der Waals surface area (Å²) in [7, 11) is 0. The molecule has 112 valence electrons. The predicted octanol–water partition coefficient (Wildman–Crippen LogP) is 2.44. The summed E-state index contributed by atoms with van der Waals surface area (Å²) < 4.78 is 2.08. The van der Waals surface area contributed by atoms with E-state index in [2.05, 4.69) is 32.3 Å². The Labute approximate surface area is 121 Å². The summed E-state index contributed by atoms with van der Waals surface area (Å²) in [5.74, 6) is 0.565. The number of nitrogens with zero attached hydrogens (tertiary/aromatic N) is 2. The van der Waals surface area contributed by atoms with Crippen molar-refractivity contribution in [3.05, 3.63) is 24.0 Å². The average molecular weight is 277 g/mol. The van der Waals surface area contributed by atoms with Crippen LogP contribution in [0.1, 0.15) is 50.9 Å². The number of aromatic nitrogens is 1. The van der Waals surface area contributed by atoms with Crippen LogP contribution in [-0.4, -0.2) is 34.5 Å². The molecule has 2 heterocycles. The largest absolute Gasteiger partial charge is 0.348 e. The summed E-state index contributed by atoms with van der Waals surface area (Å²) in [4.78, 5) is 14.4. The van der Waals surface area contributed by atoms with E-state index in [4.69, 9.17) is 5.73 Å². The van der Waals surface area contributed by atoms with E-state index in [0.717, 1.165) is 24.9 Å². The lowest BCUT2D eigenvalue weighted by Gasteiger charge is -2.21. The highest BCUT2D eigenvalue weighted by atomic mass is 16.2. The third-order valence-electron chi connectivity index (χ3n) is 4.15. The zero-order valence-corrected chi connectivity index (χ0v) is 13.1. The quantitative estimate of drug-likeness (QED) is 0.922. The number of carbonyl (C=O) groups is 1. The van der Waals surface area contributed by atoms with Gasteiger partial charge in [-0.25, -0.2) is 0 Å². The van der Waals surface area contributed by atoms with Gasteiger partial charge in [-0.1, -0.05) is 13.3 Å². The first-order valence-corrected chi connectivity index (χ1v) is 7.56. The Hall–Kier alpha value is -1.29. The SMILES string of the molecule is CCC[C@@H]1CN(C(=O)c2ccn(C(C)(C)C)c2)C[C@H]1N. The van der Waals surface area contributed by atoms with Crippen molar-refractivity contribution >= 4 is 5.91 Å². The highest BCUT2D eigenvalue weighted by Gasteiger charge is 2.33. The van der Waals surface area contributed by atoms with E-state index in [1.165, 1.54) is 0 Å². The molecule has 0 spiro atoms. The molecule has 1 fully saturated rings. The zero-order chi connectivity index (χ0) is 14.9. The molecule has 1 aromatic heterocycles. The number of hydrogen-bond donors (Lipinski definition) is 1. The second-order valence-electron chi connectivity index (χ2n) is 6.90. The Morgan fingerprint density at radius 1 is 1.40 bits per heavy atom. The van der Waals surface area contributed by atoms with Crippen LogP contribution in [0.4, 0.5) is 0 Å². The van der Waals surface area contributed by atoms with Crippen LogP contribution in [0.5, 0.6) is 0 Å². The lowest BCUT2D eigenvalue weighted by molar-refractivity contribution is 0.0785. The summed E-state index contributed by atoms with van der Waals surface area (Å²) in [6.45, 7) is 10.0. The number of rotatable bonds is 3. The fraction of sp³-hybridized carbons (Fsp3) is 0.688. The van der Waals surface area contributed by atoms with Gasteiger partial charge in [0.15, 0.2) is 0 Å².